The molecule has 130 valence electrons. The van der Waals surface area contributed by atoms with Crippen LogP contribution in [0.25, 0.3) is 0 Å². The van der Waals surface area contributed by atoms with Crippen LogP contribution >= 0.6 is 11.6 Å². The lowest BCUT2D eigenvalue weighted by molar-refractivity contribution is -0.142. The molecule has 0 saturated heterocycles. The molecule has 2 aromatic rings. The number of nitrogens with one attached hydrogen (secondary N) is 1. The summed E-state index contributed by atoms with van der Waals surface area (Å²) in [6.45, 7) is 0. The van der Waals surface area contributed by atoms with E-state index in [0.29, 0.717) is 6.07 Å². The zero-order valence-electron chi connectivity index (χ0n) is 11.2. The van der Waals surface area contributed by atoms with E-state index in [-0.39, 0.29) is 0 Å². The molecule has 0 atom stereocenters. The van der Waals surface area contributed by atoms with Gasteiger partial charge in [-0.25, -0.2) is 4.98 Å². The van der Waals surface area contributed by atoms with E-state index >= 15 is 0 Å². The number of anilines is 1. The second kappa shape index (κ2) is 5.89. The average molecular weight is 374 g/mol. The highest BCUT2D eigenvalue weighted by Gasteiger charge is 2.39. The third-order valence-corrected chi connectivity index (χ3v) is 2.96. The van der Waals surface area contributed by atoms with Gasteiger partial charge in [-0.1, -0.05) is 11.6 Å². The van der Waals surface area contributed by atoms with Crippen molar-refractivity contribution in [3.05, 3.63) is 44.8 Å². The molecular formula is C12H6ClF6N3O2. The summed E-state index contributed by atoms with van der Waals surface area (Å²) in [6, 6.07) is 2.00. The van der Waals surface area contributed by atoms with Crippen molar-refractivity contribution in [2.75, 3.05) is 5.73 Å². The molecule has 2 rings (SSSR count). The minimum absolute atomic E-state index is 0.359. The number of hydrogen-bond donors (Lipinski definition) is 2. The minimum atomic E-state index is -5.11. The van der Waals surface area contributed by atoms with Gasteiger partial charge >= 0.3 is 12.4 Å². The second-order valence-corrected chi connectivity index (χ2v) is 4.78. The van der Waals surface area contributed by atoms with Gasteiger partial charge in [0.15, 0.2) is 5.69 Å². The monoisotopic (exact) mass is 373 g/mol. The summed E-state index contributed by atoms with van der Waals surface area (Å²) in [5.74, 6) is -2.85. The normalized spacial score (nSPS) is 12.3. The number of hydrogen-bond acceptors (Lipinski definition) is 4. The van der Waals surface area contributed by atoms with E-state index in [9.17, 15) is 31.1 Å². The van der Waals surface area contributed by atoms with Crippen molar-refractivity contribution in [1.29, 1.82) is 0 Å². The number of nitrogens with zero attached hydrogens (tertiary/aromatic N) is 1. The van der Waals surface area contributed by atoms with Gasteiger partial charge in [-0.05, 0) is 18.2 Å². The zero-order valence-corrected chi connectivity index (χ0v) is 12.0. The fourth-order valence-electron chi connectivity index (χ4n) is 1.67. The van der Waals surface area contributed by atoms with E-state index < -0.39 is 51.6 Å². The predicted molar refractivity (Wildman–Crippen MR) is 70.8 cm³/mol. The van der Waals surface area contributed by atoms with Crippen LogP contribution in [0.4, 0.5) is 32.3 Å². The number of aromatic amines is 1. The van der Waals surface area contributed by atoms with Gasteiger partial charge in [0.25, 0.3) is 5.56 Å². The summed E-state index contributed by atoms with van der Waals surface area (Å²) in [4.78, 5) is 16.3. The molecule has 0 fully saturated rings. The van der Waals surface area contributed by atoms with Crippen LogP contribution in [0.1, 0.15) is 11.3 Å². The van der Waals surface area contributed by atoms with Gasteiger partial charge in [0, 0.05) is 0 Å². The minimum Gasteiger partial charge on any atom is -0.449 e. The summed E-state index contributed by atoms with van der Waals surface area (Å²) in [5.41, 5.74) is 0.518. The van der Waals surface area contributed by atoms with Crippen molar-refractivity contribution in [1.82, 2.24) is 9.97 Å². The lowest BCUT2D eigenvalue weighted by atomic mass is 10.2. The molecule has 0 aliphatic heterocycles. The van der Waals surface area contributed by atoms with Crippen LogP contribution in [-0.4, -0.2) is 9.97 Å². The number of nitrogen functional groups attached to an aromatic ring is 1. The lowest BCUT2D eigenvalue weighted by Gasteiger charge is -2.14. The molecular weight excluding hydrogens is 368 g/mol. The maximum Gasteiger partial charge on any atom is 0.437 e. The third kappa shape index (κ3) is 3.72. The van der Waals surface area contributed by atoms with Gasteiger partial charge in [-0.3, -0.25) is 9.78 Å². The molecule has 0 amide bonds. The topological polar surface area (TPSA) is 81.0 Å². The Morgan fingerprint density at radius 1 is 1.12 bits per heavy atom. The Hall–Kier alpha value is -2.43. The van der Waals surface area contributed by atoms with Gasteiger partial charge in [-0.15, -0.1) is 0 Å². The van der Waals surface area contributed by atoms with Crippen LogP contribution in [0, 0.1) is 0 Å². The standard InChI is InChI=1S/C12H6ClF6N3O2/c13-6-2-1-4(3-5(6)11(14,15)16)24-7-8(12(17,18)19)21-10(20)22-9(7)23/h1-3H,(H3,20,21,22,23). The summed E-state index contributed by atoms with van der Waals surface area (Å²) in [5, 5.41) is -0.685. The van der Waals surface area contributed by atoms with Gasteiger partial charge < -0.3 is 10.5 Å². The highest BCUT2D eigenvalue weighted by molar-refractivity contribution is 6.31. The van der Waals surface area contributed by atoms with E-state index in [1.54, 1.807) is 4.98 Å². The van der Waals surface area contributed by atoms with Gasteiger partial charge in [0.1, 0.15) is 5.75 Å². The number of alkyl halides is 6. The summed E-state index contributed by atoms with van der Waals surface area (Å²) < 4.78 is 81.6. The molecule has 0 spiro atoms. The first-order valence-electron chi connectivity index (χ1n) is 5.91. The number of nitrogens with two attached hydrogens (primary N) is 1. The number of aromatic nitrogens is 2. The number of ether oxygens (including phenoxy) is 1. The van der Waals surface area contributed by atoms with Crippen molar-refractivity contribution >= 4 is 17.5 Å². The van der Waals surface area contributed by atoms with Crippen LogP contribution in [0.3, 0.4) is 0 Å². The van der Waals surface area contributed by atoms with Crippen LogP contribution in [0.15, 0.2) is 23.0 Å². The Morgan fingerprint density at radius 2 is 1.75 bits per heavy atom. The molecule has 5 nitrogen and oxygen atoms in total. The van der Waals surface area contributed by atoms with Crippen LogP contribution < -0.4 is 16.0 Å². The van der Waals surface area contributed by atoms with E-state index in [1.807, 2.05) is 0 Å². The molecule has 0 saturated carbocycles. The van der Waals surface area contributed by atoms with Crippen molar-refractivity contribution in [3.8, 4) is 11.5 Å². The van der Waals surface area contributed by atoms with E-state index in [2.05, 4.69) is 9.72 Å². The molecule has 1 aromatic carbocycles. The molecule has 0 bridgehead atoms. The molecule has 1 aromatic heterocycles. The predicted octanol–water partition coefficient (Wildman–Crippen LogP) is 3.84. The largest absolute Gasteiger partial charge is 0.449 e. The molecule has 0 radical (unpaired) electrons. The van der Waals surface area contributed by atoms with Crippen molar-refractivity contribution < 1.29 is 31.1 Å². The van der Waals surface area contributed by atoms with Crippen molar-refractivity contribution in [3.63, 3.8) is 0 Å². The summed E-state index contributed by atoms with van der Waals surface area (Å²) in [6.07, 6.45) is -9.98. The fraction of sp³-hybridized carbons (Fsp3) is 0.167. The highest BCUT2D eigenvalue weighted by Crippen LogP contribution is 2.39. The Labute approximate surface area is 134 Å². The number of halogens is 7. The van der Waals surface area contributed by atoms with Gasteiger partial charge in [0.2, 0.25) is 11.7 Å². The SMILES string of the molecule is Nc1nc(C(F)(F)F)c(Oc2ccc(Cl)c(C(F)(F)F)c2)c(=O)[nH]1. The first kappa shape index (κ1) is 17.9. The molecule has 3 N–H and O–H groups in total. The van der Waals surface area contributed by atoms with Crippen LogP contribution in [0.2, 0.25) is 5.02 Å². The molecule has 0 aliphatic rings. The van der Waals surface area contributed by atoms with Crippen LogP contribution in [0.5, 0.6) is 11.5 Å². The zero-order chi connectivity index (χ0) is 18.3. The first-order valence-corrected chi connectivity index (χ1v) is 6.29. The van der Waals surface area contributed by atoms with Crippen molar-refractivity contribution in [2.24, 2.45) is 0 Å². The van der Waals surface area contributed by atoms with E-state index in [4.69, 9.17) is 17.3 Å². The van der Waals surface area contributed by atoms with E-state index in [1.165, 1.54) is 0 Å². The molecule has 24 heavy (non-hydrogen) atoms. The van der Waals surface area contributed by atoms with E-state index in [0.717, 1.165) is 12.1 Å². The maximum atomic E-state index is 12.9. The highest BCUT2D eigenvalue weighted by atomic mass is 35.5. The third-order valence-electron chi connectivity index (χ3n) is 2.63. The summed E-state index contributed by atoms with van der Waals surface area (Å²) >= 11 is 5.39. The fourth-order valence-corrected chi connectivity index (χ4v) is 1.89. The van der Waals surface area contributed by atoms with Crippen LogP contribution in [-0.2, 0) is 12.4 Å². The molecule has 1 heterocycles. The first-order chi connectivity index (χ1) is 10.9. The smallest absolute Gasteiger partial charge is 0.437 e. The quantitative estimate of drug-likeness (QED) is 0.784. The van der Waals surface area contributed by atoms with Gasteiger partial charge in [-0.2, -0.15) is 26.3 Å². The molecule has 0 unspecified atom stereocenters. The Bertz CT molecular complexity index is 831. The Balaban J connectivity index is 2.56. The Morgan fingerprint density at radius 3 is 2.29 bits per heavy atom. The average Bonchev–Trinajstić information content (AvgIpc) is 2.41. The molecule has 0 aliphatic carbocycles. The number of rotatable bonds is 2. The Kier molecular flexibility index (Phi) is 4.40. The maximum absolute atomic E-state index is 12.9. The summed E-state index contributed by atoms with van der Waals surface area (Å²) in [7, 11) is 0. The lowest BCUT2D eigenvalue weighted by Crippen LogP contribution is -2.21. The second-order valence-electron chi connectivity index (χ2n) is 4.37. The number of H-pyrrole nitrogens is 1. The number of benzene rings is 1. The van der Waals surface area contributed by atoms with Gasteiger partial charge in [0.05, 0.1) is 10.6 Å². The van der Waals surface area contributed by atoms with Crippen molar-refractivity contribution in [2.45, 2.75) is 12.4 Å². The molecule has 12 heteroatoms.